The van der Waals surface area contributed by atoms with E-state index in [1.807, 2.05) is 24.3 Å². The molecule has 0 spiro atoms. The molecule has 2 aliphatic heterocycles. The van der Waals surface area contributed by atoms with Crippen LogP contribution < -0.4 is 0 Å². The number of benzene rings is 2. The van der Waals surface area contributed by atoms with Crippen LogP contribution in [-0.2, 0) is 22.6 Å². The third-order valence-corrected chi connectivity index (χ3v) is 6.13. The first kappa shape index (κ1) is 18.2. The number of halogens is 2. The molecular formula is C21H16Cl2N4O2. The molecule has 29 heavy (non-hydrogen) atoms. The van der Waals surface area contributed by atoms with Crippen LogP contribution in [0.2, 0.25) is 10.0 Å². The number of piperazine rings is 1. The topological polar surface area (TPSA) is 68.8 Å². The summed E-state index contributed by atoms with van der Waals surface area (Å²) < 4.78 is 0. The maximum atomic E-state index is 13.1. The second-order valence-corrected chi connectivity index (χ2v) is 7.96. The van der Waals surface area contributed by atoms with Gasteiger partial charge in [-0.05, 0) is 23.8 Å². The van der Waals surface area contributed by atoms with Crippen LogP contribution in [0, 0.1) is 0 Å². The van der Waals surface area contributed by atoms with E-state index in [9.17, 15) is 9.59 Å². The number of H-pyrrole nitrogens is 1. The third-order valence-electron chi connectivity index (χ3n) is 5.47. The van der Waals surface area contributed by atoms with Gasteiger partial charge in [0.25, 0.3) is 5.91 Å². The van der Waals surface area contributed by atoms with Gasteiger partial charge in [-0.15, -0.1) is 0 Å². The molecule has 3 heterocycles. The molecule has 6 nitrogen and oxygen atoms in total. The molecule has 1 atom stereocenters. The molecule has 0 radical (unpaired) electrons. The summed E-state index contributed by atoms with van der Waals surface area (Å²) in [6.07, 6.45) is 1.90. The highest BCUT2D eigenvalue weighted by atomic mass is 35.5. The van der Waals surface area contributed by atoms with E-state index in [-0.39, 0.29) is 18.4 Å². The van der Waals surface area contributed by atoms with Crippen molar-refractivity contribution < 1.29 is 9.59 Å². The molecule has 0 bridgehead atoms. The lowest BCUT2D eigenvalue weighted by atomic mass is 9.94. The number of aromatic amines is 1. The highest BCUT2D eigenvalue weighted by molar-refractivity contribution is 6.38. The fourth-order valence-electron chi connectivity index (χ4n) is 4.02. The van der Waals surface area contributed by atoms with Crippen LogP contribution in [0.25, 0.3) is 10.9 Å². The van der Waals surface area contributed by atoms with Crippen molar-refractivity contribution >= 4 is 52.1 Å². The quantitative estimate of drug-likeness (QED) is 0.635. The maximum absolute atomic E-state index is 13.1. The third kappa shape index (κ3) is 2.99. The average Bonchev–Trinajstić information content (AvgIpc) is 3.07. The maximum Gasteiger partial charge on any atom is 0.266 e. The van der Waals surface area contributed by atoms with Gasteiger partial charge in [0.1, 0.15) is 12.6 Å². The molecule has 1 fully saturated rings. The summed E-state index contributed by atoms with van der Waals surface area (Å²) in [5.74, 6) is -0.346. The number of rotatable bonds is 2. The second kappa shape index (κ2) is 6.90. The summed E-state index contributed by atoms with van der Waals surface area (Å²) in [6.45, 7) is 0.288. The molecule has 0 unspecified atom stereocenters. The van der Waals surface area contributed by atoms with Crippen LogP contribution in [0.1, 0.15) is 16.8 Å². The zero-order chi connectivity index (χ0) is 20.1. The van der Waals surface area contributed by atoms with E-state index in [1.54, 1.807) is 23.1 Å². The van der Waals surface area contributed by atoms with Gasteiger partial charge < -0.3 is 9.88 Å². The smallest absolute Gasteiger partial charge is 0.266 e. The lowest BCUT2D eigenvalue weighted by Crippen LogP contribution is -2.60. The molecule has 0 saturated carbocycles. The molecule has 1 N–H and O–H groups in total. The molecule has 5 rings (SSSR count). The number of fused-ring (bicyclic) bond motifs is 4. The molecule has 3 aromatic rings. The van der Waals surface area contributed by atoms with E-state index < -0.39 is 6.04 Å². The number of amides is 2. The standard InChI is InChI=1S/C21H16Cl2N4O2/c22-15-5-3-6-16(23)14(15)9-24-27-11-20(28)26-10-18-13(8-19(26)21(27)29)12-4-1-2-7-17(12)25-18/h1-7,9,19,25H,8,10-11H2/b24-9+/t19-/m0/s1. The molecule has 2 amide bonds. The fraction of sp³-hybridized carbons (Fsp3) is 0.190. The van der Waals surface area contributed by atoms with Gasteiger partial charge in [0.15, 0.2) is 0 Å². The van der Waals surface area contributed by atoms with Crippen molar-refractivity contribution in [3.8, 4) is 0 Å². The van der Waals surface area contributed by atoms with Crippen molar-refractivity contribution in [1.29, 1.82) is 0 Å². The summed E-state index contributed by atoms with van der Waals surface area (Å²) in [5, 5.41) is 7.40. The van der Waals surface area contributed by atoms with E-state index in [0.29, 0.717) is 28.6 Å². The van der Waals surface area contributed by atoms with Crippen LogP contribution in [0.4, 0.5) is 0 Å². The van der Waals surface area contributed by atoms with Crippen LogP contribution in [-0.4, -0.2) is 45.5 Å². The molecule has 1 saturated heterocycles. The molecule has 2 aliphatic rings. The van der Waals surface area contributed by atoms with Crippen molar-refractivity contribution in [2.45, 2.75) is 19.0 Å². The van der Waals surface area contributed by atoms with Gasteiger partial charge in [-0.3, -0.25) is 9.59 Å². The number of para-hydroxylation sites is 1. The summed E-state index contributed by atoms with van der Waals surface area (Å²) >= 11 is 12.3. The monoisotopic (exact) mass is 426 g/mol. The first-order valence-electron chi connectivity index (χ1n) is 9.20. The molecule has 146 valence electrons. The Morgan fingerprint density at radius 3 is 2.59 bits per heavy atom. The van der Waals surface area contributed by atoms with Crippen molar-refractivity contribution in [3.05, 3.63) is 69.3 Å². The van der Waals surface area contributed by atoms with Gasteiger partial charge in [-0.2, -0.15) is 5.10 Å². The minimum absolute atomic E-state index is 0.108. The Balaban J connectivity index is 1.46. The van der Waals surface area contributed by atoms with Crippen LogP contribution >= 0.6 is 23.2 Å². The minimum Gasteiger partial charge on any atom is -0.357 e. The fourth-order valence-corrected chi connectivity index (χ4v) is 4.51. The molecule has 8 heteroatoms. The highest BCUT2D eigenvalue weighted by Gasteiger charge is 2.43. The van der Waals surface area contributed by atoms with Crippen molar-refractivity contribution in [2.75, 3.05) is 6.54 Å². The lowest BCUT2D eigenvalue weighted by Gasteiger charge is -2.40. The summed E-state index contributed by atoms with van der Waals surface area (Å²) in [4.78, 5) is 30.9. The summed E-state index contributed by atoms with van der Waals surface area (Å²) in [5.41, 5.74) is 3.60. The number of hydrogen-bond acceptors (Lipinski definition) is 3. The van der Waals surface area contributed by atoms with E-state index in [1.165, 1.54) is 11.2 Å². The predicted octanol–water partition coefficient (Wildman–Crippen LogP) is 3.60. The van der Waals surface area contributed by atoms with E-state index in [2.05, 4.69) is 10.1 Å². The predicted molar refractivity (Wildman–Crippen MR) is 112 cm³/mol. The van der Waals surface area contributed by atoms with Gasteiger partial charge in [-0.1, -0.05) is 47.5 Å². The van der Waals surface area contributed by atoms with Crippen LogP contribution in [0.5, 0.6) is 0 Å². The minimum atomic E-state index is -0.568. The average molecular weight is 427 g/mol. The number of nitrogens with one attached hydrogen (secondary N) is 1. The normalized spacial score (nSPS) is 19.2. The zero-order valence-electron chi connectivity index (χ0n) is 15.2. The molecule has 0 aliphatic carbocycles. The van der Waals surface area contributed by atoms with E-state index in [4.69, 9.17) is 23.2 Å². The number of nitrogens with zero attached hydrogens (tertiary/aromatic N) is 3. The van der Waals surface area contributed by atoms with Gasteiger partial charge in [0.05, 0.1) is 22.8 Å². The molecule has 2 aromatic carbocycles. The van der Waals surface area contributed by atoms with Crippen molar-refractivity contribution in [2.24, 2.45) is 5.10 Å². The Labute approximate surface area is 176 Å². The Hall–Kier alpha value is -2.83. The number of carbonyl (C=O) groups is 2. The first-order chi connectivity index (χ1) is 14.0. The highest BCUT2D eigenvalue weighted by Crippen LogP contribution is 2.32. The van der Waals surface area contributed by atoms with Gasteiger partial charge >= 0.3 is 0 Å². The molecular weight excluding hydrogens is 411 g/mol. The summed E-state index contributed by atoms with van der Waals surface area (Å²) in [6, 6.07) is 12.5. The van der Waals surface area contributed by atoms with E-state index >= 15 is 0 Å². The number of hydrogen-bond donors (Lipinski definition) is 1. The van der Waals surface area contributed by atoms with Crippen LogP contribution in [0.15, 0.2) is 47.6 Å². The van der Waals surface area contributed by atoms with Gasteiger partial charge in [-0.25, -0.2) is 5.01 Å². The van der Waals surface area contributed by atoms with Crippen molar-refractivity contribution in [1.82, 2.24) is 14.9 Å². The van der Waals surface area contributed by atoms with Crippen LogP contribution in [0.3, 0.4) is 0 Å². The largest absolute Gasteiger partial charge is 0.357 e. The van der Waals surface area contributed by atoms with Crippen molar-refractivity contribution in [3.63, 3.8) is 0 Å². The number of aromatic nitrogens is 1. The van der Waals surface area contributed by atoms with Gasteiger partial charge in [0, 0.05) is 28.6 Å². The SMILES string of the molecule is O=C1[C@@H]2Cc3c([nH]c4ccccc34)CN2C(=O)CN1/N=C/c1c(Cl)cccc1Cl. The van der Waals surface area contributed by atoms with E-state index in [0.717, 1.165) is 22.2 Å². The second-order valence-electron chi connectivity index (χ2n) is 7.15. The summed E-state index contributed by atoms with van der Waals surface area (Å²) in [7, 11) is 0. The number of hydrazone groups is 1. The Bertz CT molecular complexity index is 1170. The zero-order valence-corrected chi connectivity index (χ0v) is 16.7. The Morgan fingerprint density at radius 2 is 1.79 bits per heavy atom. The lowest BCUT2D eigenvalue weighted by molar-refractivity contribution is -0.157. The van der Waals surface area contributed by atoms with Gasteiger partial charge in [0.2, 0.25) is 5.91 Å². The Morgan fingerprint density at radius 1 is 1.03 bits per heavy atom. The Kier molecular flexibility index (Phi) is 4.33. The molecule has 1 aromatic heterocycles. The first-order valence-corrected chi connectivity index (χ1v) is 9.96. The number of carbonyl (C=O) groups excluding carboxylic acids is 2.